The van der Waals surface area contributed by atoms with E-state index in [4.69, 9.17) is 18.9 Å². The molecule has 14 heteroatoms. The second-order valence-corrected chi connectivity index (χ2v) is 20.7. The predicted molar refractivity (Wildman–Crippen MR) is 318 cm³/mol. The standard InChI is InChI=1S/C65H107NO13/c1-3-5-7-9-11-13-15-17-19-20-21-22-23-24-25-26-27-28-29-30-31-32-33-34-35-37-39-41-43-45-47-49-57(70)66-53(54(69)48-46-44-42-40-38-36-18-16-14-12-10-8-6-4-2)52-76-64-62(75)60(73)63(56(51-68)78-64)79-65-61(74)59(72)58(71)55(50-67)77-65/h5,7,11,13,17,19,21-22,24-25,27-28,30-31,33-34,38,40,46,48,53-56,58-65,67-69,71-75H,3-4,6,8-10,12,14-16,18,20,23,26,29,32,35-37,39,41-45,47,49-52H2,1-2H3,(H,66,70)/b7-5-,13-11-,19-17-,22-21-,25-24-,28-27-,31-30-,34-33-,40-38+,48-46+. The van der Waals surface area contributed by atoms with Crippen LogP contribution in [0, 0.1) is 0 Å². The third kappa shape index (κ3) is 34.4. The van der Waals surface area contributed by atoms with Gasteiger partial charge >= 0.3 is 0 Å². The van der Waals surface area contributed by atoms with Crippen molar-refractivity contribution in [2.24, 2.45) is 0 Å². The van der Waals surface area contributed by atoms with E-state index >= 15 is 0 Å². The molecule has 0 radical (unpaired) electrons. The molecule has 2 fully saturated rings. The molecule has 12 atom stereocenters. The van der Waals surface area contributed by atoms with Crippen molar-refractivity contribution in [2.45, 2.75) is 261 Å². The van der Waals surface area contributed by atoms with Gasteiger partial charge < -0.3 is 65.1 Å². The van der Waals surface area contributed by atoms with Gasteiger partial charge in [-0.2, -0.15) is 0 Å². The van der Waals surface area contributed by atoms with Crippen LogP contribution in [-0.4, -0.2) is 140 Å². The molecule has 14 nitrogen and oxygen atoms in total. The number of carbonyl (C=O) groups is 1. The fourth-order valence-electron chi connectivity index (χ4n) is 9.03. The summed E-state index contributed by atoms with van der Waals surface area (Å²) in [7, 11) is 0. The third-order valence-electron chi connectivity index (χ3n) is 13.9. The minimum atomic E-state index is -1.80. The van der Waals surface area contributed by atoms with Crippen molar-refractivity contribution in [2.75, 3.05) is 19.8 Å². The summed E-state index contributed by atoms with van der Waals surface area (Å²) in [6.07, 6.45) is 53.8. The van der Waals surface area contributed by atoms with Crippen LogP contribution in [0.4, 0.5) is 0 Å². The van der Waals surface area contributed by atoms with Crippen LogP contribution in [0.3, 0.4) is 0 Å². The Morgan fingerprint density at radius 1 is 0.468 bits per heavy atom. The molecule has 9 N–H and O–H groups in total. The maximum Gasteiger partial charge on any atom is 0.220 e. The highest BCUT2D eigenvalue weighted by molar-refractivity contribution is 5.76. The second-order valence-electron chi connectivity index (χ2n) is 20.7. The van der Waals surface area contributed by atoms with Crippen LogP contribution < -0.4 is 5.32 Å². The van der Waals surface area contributed by atoms with Gasteiger partial charge in [0.25, 0.3) is 0 Å². The molecule has 450 valence electrons. The van der Waals surface area contributed by atoms with Gasteiger partial charge in [-0.15, -0.1) is 0 Å². The van der Waals surface area contributed by atoms with Crippen LogP contribution in [0.15, 0.2) is 122 Å². The van der Waals surface area contributed by atoms with Gasteiger partial charge in [0, 0.05) is 6.42 Å². The van der Waals surface area contributed by atoms with Crippen molar-refractivity contribution < 1.29 is 64.6 Å². The largest absolute Gasteiger partial charge is 0.394 e. The van der Waals surface area contributed by atoms with Gasteiger partial charge in [0.15, 0.2) is 12.6 Å². The van der Waals surface area contributed by atoms with E-state index in [2.05, 4.69) is 129 Å². The molecule has 0 aromatic rings. The molecule has 2 rings (SSSR count). The quantitative estimate of drug-likeness (QED) is 0.0204. The van der Waals surface area contributed by atoms with Crippen molar-refractivity contribution in [3.8, 4) is 0 Å². The topological polar surface area (TPSA) is 228 Å². The van der Waals surface area contributed by atoms with Gasteiger partial charge in [-0.1, -0.05) is 206 Å². The number of hydrogen-bond donors (Lipinski definition) is 9. The monoisotopic (exact) mass is 1110 g/mol. The van der Waals surface area contributed by atoms with Crippen molar-refractivity contribution in [3.05, 3.63) is 122 Å². The zero-order valence-corrected chi connectivity index (χ0v) is 48.3. The van der Waals surface area contributed by atoms with Crippen LogP contribution in [0.25, 0.3) is 0 Å². The van der Waals surface area contributed by atoms with E-state index in [9.17, 15) is 45.6 Å². The molecule has 0 spiro atoms. The number of rotatable bonds is 46. The average Bonchev–Trinajstić information content (AvgIpc) is 3.55. The smallest absolute Gasteiger partial charge is 0.220 e. The summed E-state index contributed by atoms with van der Waals surface area (Å²) in [6.45, 7) is 2.62. The van der Waals surface area contributed by atoms with E-state index in [1.54, 1.807) is 6.08 Å². The molecule has 79 heavy (non-hydrogen) atoms. The first-order valence-corrected chi connectivity index (χ1v) is 30.3. The van der Waals surface area contributed by atoms with E-state index in [-0.39, 0.29) is 18.9 Å². The lowest BCUT2D eigenvalue weighted by Gasteiger charge is -2.46. The summed E-state index contributed by atoms with van der Waals surface area (Å²) in [5.74, 6) is -0.270. The van der Waals surface area contributed by atoms with E-state index in [0.717, 1.165) is 103 Å². The molecule has 0 aromatic heterocycles. The van der Waals surface area contributed by atoms with Crippen LogP contribution in [0.5, 0.6) is 0 Å². The molecular weight excluding hydrogens is 1000 g/mol. The number of amides is 1. The highest BCUT2D eigenvalue weighted by Gasteiger charge is 2.51. The maximum absolute atomic E-state index is 13.2. The molecule has 0 aromatic carbocycles. The Morgan fingerprint density at radius 3 is 1.39 bits per heavy atom. The molecule has 2 saturated heterocycles. The number of ether oxygens (including phenoxy) is 4. The minimum absolute atomic E-state index is 0.248. The first-order valence-electron chi connectivity index (χ1n) is 30.3. The molecule has 2 heterocycles. The predicted octanol–water partition coefficient (Wildman–Crippen LogP) is 10.6. The Hall–Kier alpha value is -3.61. The van der Waals surface area contributed by atoms with Gasteiger partial charge in [-0.3, -0.25) is 4.79 Å². The summed E-state index contributed by atoms with van der Waals surface area (Å²) in [4.78, 5) is 13.2. The highest BCUT2D eigenvalue weighted by atomic mass is 16.7. The molecule has 2 aliphatic rings. The van der Waals surface area contributed by atoms with Gasteiger partial charge in [-0.25, -0.2) is 0 Å². The maximum atomic E-state index is 13.2. The zero-order valence-electron chi connectivity index (χ0n) is 48.3. The fraction of sp³-hybridized carbons (Fsp3) is 0.677. The van der Waals surface area contributed by atoms with Crippen molar-refractivity contribution >= 4 is 5.91 Å². The summed E-state index contributed by atoms with van der Waals surface area (Å²) in [5.41, 5.74) is 0. The minimum Gasteiger partial charge on any atom is -0.394 e. The number of unbranched alkanes of at least 4 members (excludes halogenated alkanes) is 15. The van der Waals surface area contributed by atoms with Crippen molar-refractivity contribution in [1.82, 2.24) is 5.32 Å². The van der Waals surface area contributed by atoms with Crippen molar-refractivity contribution in [3.63, 3.8) is 0 Å². The summed E-state index contributed by atoms with van der Waals surface area (Å²) >= 11 is 0. The number of aliphatic hydroxyl groups excluding tert-OH is 8. The van der Waals surface area contributed by atoms with Gasteiger partial charge in [0.2, 0.25) is 5.91 Å². The number of nitrogens with one attached hydrogen (secondary N) is 1. The first-order chi connectivity index (χ1) is 38.6. The Labute approximate surface area is 476 Å². The fourth-order valence-corrected chi connectivity index (χ4v) is 9.03. The molecule has 0 aliphatic carbocycles. The molecule has 1 amide bonds. The molecular formula is C65H107NO13. The Morgan fingerprint density at radius 2 is 0.886 bits per heavy atom. The molecule has 0 bridgehead atoms. The Bertz CT molecular complexity index is 1790. The summed E-state index contributed by atoms with van der Waals surface area (Å²) < 4.78 is 22.7. The third-order valence-corrected chi connectivity index (χ3v) is 13.9. The van der Waals surface area contributed by atoms with Crippen LogP contribution >= 0.6 is 0 Å². The van der Waals surface area contributed by atoms with E-state index in [1.807, 2.05) is 6.08 Å². The van der Waals surface area contributed by atoms with Crippen molar-refractivity contribution in [1.29, 1.82) is 0 Å². The number of hydrogen-bond acceptors (Lipinski definition) is 13. The van der Waals surface area contributed by atoms with Crippen LogP contribution in [0.2, 0.25) is 0 Å². The average molecular weight is 1110 g/mol. The van der Waals surface area contributed by atoms with Crippen LogP contribution in [-0.2, 0) is 23.7 Å². The van der Waals surface area contributed by atoms with Gasteiger partial charge in [0.05, 0.1) is 32.0 Å². The van der Waals surface area contributed by atoms with E-state index in [0.29, 0.717) is 12.8 Å². The zero-order chi connectivity index (χ0) is 57.4. The lowest BCUT2D eigenvalue weighted by Crippen LogP contribution is -2.65. The van der Waals surface area contributed by atoms with Gasteiger partial charge in [-0.05, 0) is 96.3 Å². The lowest BCUT2D eigenvalue weighted by molar-refractivity contribution is -0.359. The SMILES string of the molecule is CC/C=C\C/C=C\C/C=C\C/C=C\C/C=C\C/C=C\C/C=C\C/C=C\CCCCCCCCC(=O)NC(COC1OC(CO)C(OC2OC(CO)C(O)C(O)C2O)C(O)C1O)C(O)/C=C/CC/C=C/CCCCCCCCCC. The number of carbonyl (C=O) groups excluding carboxylic acids is 1. The number of aliphatic hydroxyl groups is 8. The lowest BCUT2D eigenvalue weighted by atomic mass is 9.97. The summed E-state index contributed by atoms with van der Waals surface area (Å²) in [5, 5.41) is 87.0. The summed E-state index contributed by atoms with van der Waals surface area (Å²) in [6, 6.07) is -0.948. The Balaban J connectivity index is 1.73. The molecule has 0 saturated carbocycles. The van der Waals surface area contributed by atoms with Crippen LogP contribution in [0.1, 0.15) is 187 Å². The highest BCUT2D eigenvalue weighted by Crippen LogP contribution is 2.30. The second kappa shape index (κ2) is 49.0. The normalized spacial score (nSPS) is 25.3. The van der Waals surface area contributed by atoms with E-state index < -0.39 is 86.8 Å². The van der Waals surface area contributed by atoms with Gasteiger partial charge in [0.1, 0.15) is 48.8 Å². The molecule has 12 unspecified atom stereocenters. The number of allylic oxidation sites excluding steroid dienone is 19. The first kappa shape index (κ1) is 71.5. The van der Waals surface area contributed by atoms with E-state index in [1.165, 1.54) is 51.4 Å². The Kier molecular flexibility index (Phi) is 44.4. The molecule has 2 aliphatic heterocycles.